The van der Waals surface area contributed by atoms with Crippen LogP contribution in [0.3, 0.4) is 0 Å². The predicted molar refractivity (Wildman–Crippen MR) is 111 cm³/mol. The maximum atomic E-state index is 13.2. The second-order valence-electron chi connectivity index (χ2n) is 7.88. The van der Waals surface area contributed by atoms with Gasteiger partial charge >= 0.3 is 0 Å². The van der Waals surface area contributed by atoms with E-state index in [1.165, 1.54) is 4.90 Å². The Morgan fingerprint density at radius 2 is 1.68 bits per heavy atom. The highest BCUT2D eigenvalue weighted by atomic mass is 16.5. The van der Waals surface area contributed by atoms with E-state index in [4.69, 9.17) is 4.74 Å². The third kappa shape index (κ3) is 4.23. The number of hydrogen-bond donors (Lipinski definition) is 0. The molecule has 0 unspecified atom stereocenters. The van der Waals surface area contributed by atoms with Gasteiger partial charge in [-0.25, -0.2) is 0 Å². The second-order valence-corrected chi connectivity index (χ2v) is 7.88. The van der Waals surface area contributed by atoms with Crippen LogP contribution in [0.15, 0.2) is 30.0 Å². The zero-order valence-electron chi connectivity index (χ0n) is 17.4. The summed E-state index contributed by atoms with van der Waals surface area (Å²) in [5.41, 5.74) is 1.95. The number of benzene rings is 1. The molecular weight excluding hydrogens is 352 g/mol. The molecule has 28 heavy (non-hydrogen) atoms. The van der Waals surface area contributed by atoms with Gasteiger partial charge in [-0.2, -0.15) is 0 Å². The van der Waals surface area contributed by atoms with Crippen molar-refractivity contribution in [2.45, 2.75) is 52.9 Å². The summed E-state index contributed by atoms with van der Waals surface area (Å²) >= 11 is 0. The molecule has 1 fully saturated rings. The van der Waals surface area contributed by atoms with Gasteiger partial charge < -0.3 is 9.64 Å². The molecule has 0 saturated carbocycles. The number of rotatable bonds is 8. The molecule has 0 aliphatic carbocycles. The van der Waals surface area contributed by atoms with E-state index < -0.39 is 0 Å². The van der Waals surface area contributed by atoms with Crippen molar-refractivity contribution in [2.75, 3.05) is 26.2 Å². The number of nitrogens with zero attached hydrogens (tertiary/aromatic N) is 2. The van der Waals surface area contributed by atoms with Crippen LogP contribution < -0.4 is 4.74 Å². The second kappa shape index (κ2) is 9.26. The Kier molecular flexibility index (Phi) is 6.76. The van der Waals surface area contributed by atoms with Gasteiger partial charge in [0, 0.05) is 19.6 Å². The van der Waals surface area contributed by atoms with Crippen LogP contribution in [-0.2, 0) is 9.59 Å². The lowest BCUT2D eigenvalue weighted by Crippen LogP contribution is -2.38. The minimum absolute atomic E-state index is 0.130. The van der Waals surface area contributed by atoms with Gasteiger partial charge in [-0.05, 0) is 49.3 Å². The zero-order valence-corrected chi connectivity index (χ0v) is 17.4. The molecule has 1 aromatic carbocycles. The summed E-state index contributed by atoms with van der Waals surface area (Å²) in [6.45, 7) is 9.21. The van der Waals surface area contributed by atoms with Crippen LogP contribution in [0.2, 0.25) is 0 Å². The van der Waals surface area contributed by atoms with Crippen LogP contribution in [0.1, 0.15) is 58.4 Å². The Balaban J connectivity index is 1.93. The molecule has 5 nitrogen and oxygen atoms in total. The van der Waals surface area contributed by atoms with Gasteiger partial charge in [0.05, 0.1) is 12.2 Å². The summed E-state index contributed by atoms with van der Waals surface area (Å²) < 4.78 is 5.66. The minimum Gasteiger partial charge on any atom is -0.494 e. The molecule has 152 valence electrons. The molecule has 0 N–H and O–H groups in total. The Hall–Kier alpha value is -2.30. The Morgan fingerprint density at radius 3 is 2.29 bits per heavy atom. The number of amides is 2. The summed E-state index contributed by atoms with van der Waals surface area (Å²) in [5.74, 6) is 1.17. The third-order valence-corrected chi connectivity index (χ3v) is 5.59. The standard InChI is InChI=1S/C23H32N2O3/c1-4-6-13-25-22(26)20(18-7-9-19(10-8-18)28-16-5-2)21(23(25)27)24-14-11-17(3)12-15-24/h7-10,17H,4-6,11-16H2,1-3H3. The van der Waals surface area contributed by atoms with Crippen molar-refractivity contribution >= 4 is 17.4 Å². The largest absolute Gasteiger partial charge is 0.494 e. The van der Waals surface area contributed by atoms with Gasteiger partial charge in [-0.1, -0.05) is 39.3 Å². The number of imide groups is 1. The average molecular weight is 385 g/mol. The van der Waals surface area contributed by atoms with Crippen molar-refractivity contribution in [1.29, 1.82) is 0 Å². The Bertz CT molecular complexity index is 731. The summed E-state index contributed by atoms with van der Waals surface area (Å²) in [6.07, 6.45) is 4.84. The minimum atomic E-state index is -0.158. The van der Waals surface area contributed by atoms with Gasteiger partial charge in [0.1, 0.15) is 11.4 Å². The van der Waals surface area contributed by atoms with E-state index >= 15 is 0 Å². The van der Waals surface area contributed by atoms with Crippen LogP contribution in [0.25, 0.3) is 5.57 Å². The number of hydrogen-bond acceptors (Lipinski definition) is 4. The SMILES string of the molecule is CCCCN1C(=O)C(c2ccc(OCCC)cc2)=C(N2CCC(C)CC2)C1=O. The first kappa shape index (κ1) is 20.4. The normalized spacial score (nSPS) is 18.4. The quantitative estimate of drug-likeness (QED) is 0.634. The number of ether oxygens (including phenoxy) is 1. The van der Waals surface area contributed by atoms with Crippen LogP contribution in [-0.4, -0.2) is 47.9 Å². The molecular formula is C23H32N2O3. The van der Waals surface area contributed by atoms with E-state index in [0.29, 0.717) is 30.3 Å². The van der Waals surface area contributed by atoms with Crippen LogP contribution in [0.5, 0.6) is 5.75 Å². The molecule has 0 bridgehead atoms. The van der Waals surface area contributed by atoms with Crippen molar-refractivity contribution in [3.8, 4) is 5.75 Å². The average Bonchev–Trinajstić information content (AvgIpc) is 2.96. The maximum absolute atomic E-state index is 13.2. The maximum Gasteiger partial charge on any atom is 0.277 e. The lowest BCUT2D eigenvalue weighted by Gasteiger charge is -2.32. The van der Waals surface area contributed by atoms with Crippen LogP contribution in [0, 0.1) is 5.92 Å². The van der Waals surface area contributed by atoms with Crippen molar-refractivity contribution in [1.82, 2.24) is 9.80 Å². The lowest BCUT2D eigenvalue weighted by atomic mass is 9.97. The third-order valence-electron chi connectivity index (χ3n) is 5.59. The summed E-state index contributed by atoms with van der Waals surface area (Å²) in [4.78, 5) is 29.9. The molecule has 2 aliphatic heterocycles. The smallest absolute Gasteiger partial charge is 0.277 e. The van der Waals surface area contributed by atoms with Gasteiger partial charge in [0.25, 0.3) is 11.8 Å². The molecule has 2 amide bonds. The molecule has 0 atom stereocenters. The van der Waals surface area contributed by atoms with Crippen molar-refractivity contribution < 1.29 is 14.3 Å². The van der Waals surface area contributed by atoms with Gasteiger partial charge in [-0.15, -0.1) is 0 Å². The van der Waals surface area contributed by atoms with E-state index in [0.717, 1.165) is 56.5 Å². The lowest BCUT2D eigenvalue weighted by molar-refractivity contribution is -0.137. The number of unbranched alkanes of at least 4 members (excludes halogenated alkanes) is 1. The van der Waals surface area contributed by atoms with E-state index in [-0.39, 0.29) is 11.8 Å². The molecule has 0 spiro atoms. The highest BCUT2D eigenvalue weighted by Crippen LogP contribution is 2.34. The van der Waals surface area contributed by atoms with E-state index in [9.17, 15) is 9.59 Å². The van der Waals surface area contributed by atoms with E-state index in [1.807, 2.05) is 24.3 Å². The Morgan fingerprint density at radius 1 is 1.00 bits per heavy atom. The molecule has 1 saturated heterocycles. The number of carbonyl (C=O) groups excluding carboxylic acids is 2. The summed E-state index contributed by atoms with van der Waals surface area (Å²) in [6, 6.07) is 7.59. The highest BCUT2D eigenvalue weighted by molar-refractivity contribution is 6.35. The first-order chi connectivity index (χ1) is 13.6. The number of piperidine rings is 1. The topological polar surface area (TPSA) is 49.9 Å². The van der Waals surface area contributed by atoms with E-state index in [2.05, 4.69) is 25.7 Å². The zero-order chi connectivity index (χ0) is 20.1. The summed E-state index contributed by atoms with van der Waals surface area (Å²) in [7, 11) is 0. The molecule has 1 aromatic rings. The fourth-order valence-electron chi connectivity index (χ4n) is 3.81. The first-order valence-electron chi connectivity index (χ1n) is 10.6. The monoisotopic (exact) mass is 384 g/mol. The summed E-state index contributed by atoms with van der Waals surface area (Å²) in [5, 5.41) is 0. The molecule has 5 heteroatoms. The van der Waals surface area contributed by atoms with Gasteiger partial charge in [-0.3, -0.25) is 14.5 Å². The Labute approximate surface area is 168 Å². The van der Waals surface area contributed by atoms with Crippen molar-refractivity contribution in [2.24, 2.45) is 5.92 Å². The molecule has 0 aromatic heterocycles. The van der Waals surface area contributed by atoms with Crippen LogP contribution in [0.4, 0.5) is 0 Å². The fourth-order valence-corrected chi connectivity index (χ4v) is 3.81. The van der Waals surface area contributed by atoms with Gasteiger partial charge in [0.2, 0.25) is 0 Å². The predicted octanol–water partition coefficient (Wildman–Crippen LogP) is 4.09. The first-order valence-corrected chi connectivity index (χ1v) is 10.6. The molecule has 2 heterocycles. The molecule has 3 rings (SSSR count). The van der Waals surface area contributed by atoms with Crippen molar-refractivity contribution in [3.05, 3.63) is 35.5 Å². The van der Waals surface area contributed by atoms with Gasteiger partial charge in [0.15, 0.2) is 0 Å². The number of carbonyl (C=O) groups is 2. The van der Waals surface area contributed by atoms with E-state index in [1.54, 1.807) is 0 Å². The molecule has 2 aliphatic rings. The van der Waals surface area contributed by atoms with Crippen LogP contribution >= 0.6 is 0 Å². The highest BCUT2D eigenvalue weighted by Gasteiger charge is 2.41. The number of likely N-dealkylation sites (tertiary alicyclic amines) is 1. The fraction of sp³-hybridized carbons (Fsp3) is 0.565. The van der Waals surface area contributed by atoms with Crippen molar-refractivity contribution in [3.63, 3.8) is 0 Å². The molecule has 0 radical (unpaired) electrons.